The first kappa shape index (κ1) is 17.5. The van der Waals surface area contributed by atoms with Gasteiger partial charge in [0.15, 0.2) is 23.6 Å². The number of hydrogen-bond acceptors (Lipinski definition) is 4. The number of anilines is 1. The second-order valence-corrected chi connectivity index (χ2v) is 5.43. The monoisotopic (exact) mass is 363 g/mol. The maximum absolute atomic E-state index is 13.6. The zero-order chi connectivity index (χ0) is 18.8. The molecule has 8 heteroatoms. The van der Waals surface area contributed by atoms with Gasteiger partial charge in [-0.25, -0.2) is 18.0 Å². The zero-order valence-electron chi connectivity index (χ0n) is 13.4. The lowest BCUT2D eigenvalue weighted by atomic mass is 10.2. The van der Waals surface area contributed by atoms with Crippen molar-refractivity contribution in [3.63, 3.8) is 0 Å². The van der Waals surface area contributed by atoms with Crippen molar-refractivity contribution in [2.75, 3.05) is 5.32 Å². The van der Waals surface area contributed by atoms with Crippen LogP contribution in [-0.4, -0.2) is 12.0 Å². The number of rotatable bonds is 4. The number of benzene rings is 2. The van der Waals surface area contributed by atoms with E-state index in [1.807, 2.05) is 0 Å². The summed E-state index contributed by atoms with van der Waals surface area (Å²) in [5.74, 6) is -5.08. The summed E-state index contributed by atoms with van der Waals surface area (Å²) in [5, 5.41) is 2.79. The van der Waals surface area contributed by atoms with E-state index in [1.165, 1.54) is 19.1 Å². The van der Waals surface area contributed by atoms with Gasteiger partial charge in [0.25, 0.3) is 5.91 Å². The van der Waals surface area contributed by atoms with Crippen molar-refractivity contribution in [3.8, 4) is 5.75 Å². The summed E-state index contributed by atoms with van der Waals surface area (Å²) in [6, 6.07) is 9.08. The van der Waals surface area contributed by atoms with Crippen molar-refractivity contribution in [2.24, 2.45) is 0 Å². The number of nitrogens with one attached hydrogen (secondary N) is 1. The summed E-state index contributed by atoms with van der Waals surface area (Å²) in [6.07, 6.45) is -1.09. The topological polar surface area (TPSA) is 68.5 Å². The molecule has 1 amide bonds. The number of hydrogen-bond donors (Lipinski definition) is 1. The third-order valence-electron chi connectivity index (χ3n) is 3.57. The first-order valence-electron chi connectivity index (χ1n) is 7.50. The van der Waals surface area contributed by atoms with E-state index in [1.54, 1.807) is 18.2 Å². The number of fused-ring (bicyclic) bond motifs is 1. The molecule has 0 fully saturated rings. The van der Waals surface area contributed by atoms with Gasteiger partial charge >= 0.3 is 5.63 Å². The van der Waals surface area contributed by atoms with E-state index in [-0.39, 0.29) is 11.3 Å². The smallest absolute Gasteiger partial charge is 0.336 e. The van der Waals surface area contributed by atoms with Crippen LogP contribution in [0.5, 0.6) is 5.75 Å². The molecule has 26 heavy (non-hydrogen) atoms. The van der Waals surface area contributed by atoms with E-state index in [9.17, 15) is 22.8 Å². The summed E-state index contributed by atoms with van der Waals surface area (Å²) in [5.41, 5.74) is -0.766. The van der Waals surface area contributed by atoms with E-state index in [0.717, 1.165) is 6.07 Å². The Morgan fingerprint density at radius 1 is 1.08 bits per heavy atom. The number of carbonyl (C=O) groups excluding carboxylic acids is 1. The molecule has 0 radical (unpaired) electrons. The van der Waals surface area contributed by atoms with Crippen molar-refractivity contribution >= 4 is 22.6 Å². The van der Waals surface area contributed by atoms with Crippen molar-refractivity contribution < 1.29 is 27.1 Å². The summed E-state index contributed by atoms with van der Waals surface area (Å²) >= 11 is 0. The van der Waals surface area contributed by atoms with Gasteiger partial charge in [-0.2, -0.15) is 0 Å². The summed E-state index contributed by atoms with van der Waals surface area (Å²) < 4.78 is 50.2. The van der Waals surface area contributed by atoms with Crippen LogP contribution in [0.1, 0.15) is 6.92 Å². The van der Waals surface area contributed by atoms with Gasteiger partial charge in [-0.15, -0.1) is 0 Å². The Morgan fingerprint density at radius 3 is 2.58 bits per heavy atom. The lowest BCUT2D eigenvalue weighted by Crippen LogP contribution is -2.30. The first-order chi connectivity index (χ1) is 12.3. The van der Waals surface area contributed by atoms with Crippen LogP contribution in [0.15, 0.2) is 51.7 Å². The molecular formula is C18H12F3NO4. The molecule has 0 bridgehead atoms. The van der Waals surface area contributed by atoms with Gasteiger partial charge in [0.05, 0.1) is 5.69 Å². The Bertz CT molecular complexity index is 1050. The van der Waals surface area contributed by atoms with Gasteiger partial charge in [-0.05, 0) is 37.3 Å². The molecule has 0 unspecified atom stereocenters. The summed E-state index contributed by atoms with van der Waals surface area (Å²) in [7, 11) is 0. The van der Waals surface area contributed by atoms with Crippen LogP contribution in [0, 0.1) is 17.5 Å². The summed E-state index contributed by atoms with van der Waals surface area (Å²) in [6.45, 7) is 1.39. The van der Waals surface area contributed by atoms with Gasteiger partial charge in [-0.3, -0.25) is 4.79 Å². The maximum Gasteiger partial charge on any atom is 0.336 e. The average molecular weight is 363 g/mol. The number of ether oxygens (including phenoxy) is 1. The number of halogens is 3. The number of amides is 1. The lowest BCUT2D eigenvalue weighted by molar-refractivity contribution is -0.122. The van der Waals surface area contributed by atoms with Gasteiger partial charge in [0.2, 0.25) is 0 Å². The Kier molecular flexibility index (Phi) is 4.66. The molecule has 3 aromatic rings. The molecule has 5 nitrogen and oxygen atoms in total. The van der Waals surface area contributed by atoms with Crippen LogP contribution < -0.4 is 15.7 Å². The maximum atomic E-state index is 13.6. The Labute approximate surface area is 145 Å². The molecule has 1 N–H and O–H groups in total. The minimum absolute atomic E-state index is 0.236. The fourth-order valence-corrected chi connectivity index (χ4v) is 2.23. The fraction of sp³-hybridized carbons (Fsp3) is 0.111. The minimum Gasteiger partial charge on any atom is -0.481 e. The molecule has 2 aromatic carbocycles. The Morgan fingerprint density at radius 2 is 1.81 bits per heavy atom. The predicted molar refractivity (Wildman–Crippen MR) is 87.5 cm³/mol. The highest BCUT2D eigenvalue weighted by Crippen LogP contribution is 2.22. The zero-order valence-corrected chi connectivity index (χ0v) is 13.4. The molecule has 3 rings (SSSR count). The largest absolute Gasteiger partial charge is 0.481 e. The highest BCUT2D eigenvalue weighted by atomic mass is 19.2. The van der Waals surface area contributed by atoms with E-state index >= 15 is 0 Å². The van der Waals surface area contributed by atoms with Crippen molar-refractivity contribution in [3.05, 3.63) is 70.3 Å². The van der Waals surface area contributed by atoms with Gasteiger partial charge in [0.1, 0.15) is 11.3 Å². The second kappa shape index (κ2) is 6.91. The highest BCUT2D eigenvalue weighted by molar-refractivity contribution is 5.94. The van der Waals surface area contributed by atoms with Crippen LogP contribution >= 0.6 is 0 Å². The Hall–Kier alpha value is -3.29. The normalized spacial score (nSPS) is 12.0. The molecule has 1 atom stereocenters. The van der Waals surface area contributed by atoms with Crippen molar-refractivity contribution in [2.45, 2.75) is 13.0 Å². The first-order valence-corrected chi connectivity index (χ1v) is 7.50. The average Bonchev–Trinajstić information content (AvgIpc) is 2.61. The number of carbonyl (C=O) groups is 1. The SMILES string of the molecule is C[C@@H](Oc1ccc2ccc(=O)oc2c1)C(=O)Nc1ccc(F)c(F)c1F. The van der Waals surface area contributed by atoms with Crippen LogP contribution in [0.25, 0.3) is 11.0 Å². The van der Waals surface area contributed by atoms with Crippen LogP contribution in [-0.2, 0) is 4.79 Å². The molecule has 0 spiro atoms. The third kappa shape index (κ3) is 3.53. The lowest BCUT2D eigenvalue weighted by Gasteiger charge is -2.15. The van der Waals surface area contributed by atoms with Crippen molar-refractivity contribution in [1.82, 2.24) is 0 Å². The van der Waals surface area contributed by atoms with Gasteiger partial charge < -0.3 is 14.5 Å². The molecule has 0 saturated carbocycles. The van der Waals surface area contributed by atoms with Gasteiger partial charge in [-0.1, -0.05) is 0 Å². The molecule has 0 aliphatic carbocycles. The molecule has 1 aromatic heterocycles. The van der Waals surface area contributed by atoms with Gasteiger partial charge in [0, 0.05) is 17.5 Å². The third-order valence-corrected chi connectivity index (χ3v) is 3.57. The quantitative estimate of drug-likeness (QED) is 0.568. The highest BCUT2D eigenvalue weighted by Gasteiger charge is 2.20. The molecular weight excluding hydrogens is 351 g/mol. The van der Waals surface area contributed by atoms with E-state index < -0.39 is 40.8 Å². The summed E-state index contributed by atoms with van der Waals surface area (Å²) in [4.78, 5) is 23.3. The van der Waals surface area contributed by atoms with E-state index in [0.29, 0.717) is 11.5 Å². The van der Waals surface area contributed by atoms with Crippen LogP contribution in [0.2, 0.25) is 0 Å². The molecule has 1 heterocycles. The van der Waals surface area contributed by atoms with E-state index in [2.05, 4.69) is 5.32 Å². The standard InChI is InChI=1S/C18H12F3NO4/c1-9(18(24)22-13-6-5-12(19)16(20)17(13)21)25-11-4-2-10-3-7-15(23)26-14(10)8-11/h2-9H,1H3,(H,22,24)/t9-/m1/s1. The molecule has 134 valence electrons. The van der Waals surface area contributed by atoms with E-state index in [4.69, 9.17) is 9.15 Å². The molecule has 0 aliphatic rings. The fourth-order valence-electron chi connectivity index (χ4n) is 2.23. The molecule has 0 aliphatic heterocycles. The van der Waals surface area contributed by atoms with Crippen LogP contribution in [0.3, 0.4) is 0 Å². The molecule has 0 saturated heterocycles. The predicted octanol–water partition coefficient (Wildman–Crippen LogP) is 3.62. The minimum atomic E-state index is -1.68. The van der Waals surface area contributed by atoms with Crippen molar-refractivity contribution in [1.29, 1.82) is 0 Å². The second-order valence-electron chi connectivity index (χ2n) is 5.43. The van der Waals surface area contributed by atoms with Crippen LogP contribution in [0.4, 0.5) is 18.9 Å². The Balaban J connectivity index is 1.75.